The number of rotatable bonds is 2. The Morgan fingerprint density at radius 3 is 2.60 bits per heavy atom. The Kier molecular flexibility index (Phi) is 2.45. The first-order valence-corrected chi connectivity index (χ1v) is 4.37. The molecule has 0 saturated carbocycles. The SMILES string of the molecule is COc1ccc(N)cc1-c1ncncn1. The van der Waals surface area contributed by atoms with E-state index >= 15 is 0 Å². The minimum absolute atomic E-state index is 0.550. The number of methoxy groups -OCH3 is 1. The Balaban J connectivity index is 2.56. The first kappa shape index (κ1) is 9.39. The van der Waals surface area contributed by atoms with E-state index in [0.717, 1.165) is 5.56 Å². The molecular formula is C10H10N4O. The van der Waals surface area contributed by atoms with Crippen molar-refractivity contribution in [3.8, 4) is 17.1 Å². The van der Waals surface area contributed by atoms with E-state index in [1.165, 1.54) is 12.7 Å². The van der Waals surface area contributed by atoms with Crippen LogP contribution in [-0.2, 0) is 0 Å². The van der Waals surface area contributed by atoms with Gasteiger partial charge in [-0.1, -0.05) is 0 Å². The second-order valence-electron chi connectivity index (χ2n) is 2.92. The number of benzene rings is 1. The Morgan fingerprint density at radius 1 is 1.20 bits per heavy atom. The van der Waals surface area contributed by atoms with Crippen molar-refractivity contribution in [3.05, 3.63) is 30.9 Å². The van der Waals surface area contributed by atoms with Gasteiger partial charge in [0, 0.05) is 5.69 Å². The Hall–Kier alpha value is -2.17. The molecule has 0 bridgehead atoms. The van der Waals surface area contributed by atoms with E-state index in [0.29, 0.717) is 17.3 Å². The van der Waals surface area contributed by atoms with Crippen LogP contribution in [0.3, 0.4) is 0 Å². The summed E-state index contributed by atoms with van der Waals surface area (Å²) < 4.78 is 5.20. The standard InChI is InChI=1S/C10H10N4O/c1-15-9-3-2-7(11)4-8(9)10-13-5-12-6-14-10/h2-6H,11H2,1H3. The summed E-state index contributed by atoms with van der Waals surface area (Å²) in [5.41, 5.74) is 7.10. The number of hydrogen-bond donors (Lipinski definition) is 1. The zero-order valence-electron chi connectivity index (χ0n) is 8.21. The largest absolute Gasteiger partial charge is 0.496 e. The highest BCUT2D eigenvalue weighted by atomic mass is 16.5. The average Bonchev–Trinajstić information content (AvgIpc) is 2.30. The van der Waals surface area contributed by atoms with E-state index in [2.05, 4.69) is 15.0 Å². The topological polar surface area (TPSA) is 73.9 Å². The molecule has 0 spiro atoms. The van der Waals surface area contributed by atoms with Gasteiger partial charge in [-0.05, 0) is 18.2 Å². The maximum atomic E-state index is 5.69. The van der Waals surface area contributed by atoms with Gasteiger partial charge in [0.25, 0.3) is 0 Å². The summed E-state index contributed by atoms with van der Waals surface area (Å²) in [6, 6.07) is 5.33. The lowest BCUT2D eigenvalue weighted by Crippen LogP contribution is -1.95. The number of nitrogens with zero attached hydrogens (tertiary/aromatic N) is 3. The van der Waals surface area contributed by atoms with E-state index < -0.39 is 0 Å². The summed E-state index contributed by atoms with van der Waals surface area (Å²) in [6.07, 6.45) is 2.87. The Labute approximate surface area is 87.0 Å². The molecule has 0 unspecified atom stereocenters. The molecule has 0 fully saturated rings. The maximum Gasteiger partial charge on any atom is 0.166 e. The second kappa shape index (κ2) is 3.91. The molecule has 2 N–H and O–H groups in total. The van der Waals surface area contributed by atoms with Gasteiger partial charge in [0.15, 0.2) is 5.82 Å². The third-order valence-electron chi connectivity index (χ3n) is 1.96. The fraction of sp³-hybridized carbons (Fsp3) is 0.100. The molecule has 1 heterocycles. The summed E-state index contributed by atoms with van der Waals surface area (Å²) in [5.74, 6) is 1.24. The van der Waals surface area contributed by atoms with Gasteiger partial charge in [0.2, 0.25) is 0 Å². The summed E-state index contributed by atoms with van der Waals surface area (Å²) >= 11 is 0. The van der Waals surface area contributed by atoms with E-state index in [1.54, 1.807) is 25.3 Å². The Morgan fingerprint density at radius 2 is 1.93 bits per heavy atom. The van der Waals surface area contributed by atoms with Crippen LogP contribution >= 0.6 is 0 Å². The van der Waals surface area contributed by atoms with Gasteiger partial charge < -0.3 is 10.5 Å². The molecule has 0 aliphatic heterocycles. The minimum atomic E-state index is 0.550. The van der Waals surface area contributed by atoms with Gasteiger partial charge in [0.1, 0.15) is 18.4 Å². The van der Waals surface area contributed by atoms with Crippen LogP contribution in [0.25, 0.3) is 11.4 Å². The summed E-state index contributed by atoms with van der Waals surface area (Å²) in [5, 5.41) is 0. The number of hydrogen-bond acceptors (Lipinski definition) is 5. The molecule has 0 saturated heterocycles. The monoisotopic (exact) mass is 202 g/mol. The van der Waals surface area contributed by atoms with E-state index in [1.807, 2.05) is 0 Å². The first-order chi connectivity index (χ1) is 7.31. The van der Waals surface area contributed by atoms with Crippen molar-refractivity contribution in [1.82, 2.24) is 15.0 Å². The van der Waals surface area contributed by atoms with Gasteiger partial charge >= 0.3 is 0 Å². The van der Waals surface area contributed by atoms with Gasteiger partial charge in [-0.15, -0.1) is 0 Å². The molecule has 0 atom stereocenters. The second-order valence-corrected chi connectivity index (χ2v) is 2.92. The molecule has 2 rings (SSSR count). The highest BCUT2D eigenvalue weighted by Crippen LogP contribution is 2.28. The smallest absolute Gasteiger partial charge is 0.166 e. The number of nitrogen functional groups attached to an aromatic ring is 1. The van der Waals surface area contributed by atoms with E-state index in [-0.39, 0.29) is 0 Å². The molecule has 1 aromatic carbocycles. The molecule has 0 amide bonds. The van der Waals surface area contributed by atoms with Crippen LogP contribution in [0.4, 0.5) is 5.69 Å². The van der Waals surface area contributed by atoms with Crippen LogP contribution in [0.15, 0.2) is 30.9 Å². The van der Waals surface area contributed by atoms with Crippen molar-refractivity contribution < 1.29 is 4.74 Å². The van der Waals surface area contributed by atoms with Crippen molar-refractivity contribution in [2.24, 2.45) is 0 Å². The van der Waals surface area contributed by atoms with Crippen molar-refractivity contribution in [3.63, 3.8) is 0 Å². The summed E-state index contributed by atoms with van der Waals surface area (Å²) in [6.45, 7) is 0. The van der Waals surface area contributed by atoms with Crippen LogP contribution in [0.5, 0.6) is 5.75 Å². The van der Waals surface area contributed by atoms with E-state index in [9.17, 15) is 0 Å². The molecular weight excluding hydrogens is 192 g/mol. The van der Waals surface area contributed by atoms with Crippen LogP contribution in [0.1, 0.15) is 0 Å². The van der Waals surface area contributed by atoms with E-state index in [4.69, 9.17) is 10.5 Å². The average molecular weight is 202 g/mol. The van der Waals surface area contributed by atoms with Gasteiger partial charge in [0.05, 0.1) is 12.7 Å². The summed E-state index contributed by atoms with van der Waals surface area (Å²) in [7, 11) is 1.59. The van der Waals surface area contributed by atoms with Crippen molar-refractivity contribution in [1.29, 1.82) is 0 Å². The van der Waals surface area contributed by atoms with Crippen molar-refractivity contribution in [2.45, 2.75) is 0 Å². The third kappa shape index (κ3) is 1.85. The van der Waals surface area contributed by atoms with Gasteiger partial charge in [-0.3, -0.25) is 0 Å². The molecule has 5 heteroatoms. The molecule has 76 valence electrons. The number of anilines is 1. The van der Waals surface area contributed by atoms with Crippen LogP contribution in [-0.4, -0.2) is 22.1 Å². The fourth-order valence-corrected chi connectivity index (χ4v) is 1.28. The third-order valence-corrected chi connectivity index (χ3v) is 1.96. The Bertz CT molecular complexity index is 458. The molecule has 0 aliphatic rings. The van der Waals surface area contributed by atoms with Crippen molar-refractivity contribution in [2.75, 3.05) is 12.8 Å². The van der Waals surface area contributed by atoms with Crippen molar-refractivity contribution >= 4 is 5.69 Å². The maximum absolute atomic E-state index is 5.69. The highest BCUT2D eigenvalue weighted by molar-refractivity contribution is 5.68. The number of ether oxygens (including phenoxy) is 1. The summed E-state index contributed by atoms with van der Waals surface area (Å²) in [4.78, 5) is 11.8. The van der Waals surface area contributed by atoms with Crippen LogP contribution < -0.4 is 10.5 Å². The van der Waals surface area contributed by atoms with Gasteiger partial charge in [-0.2, -0.15) is 0 Å². The number of nitrogens with two attached hydrogens (primary N) is 1. The molecule has 0 radical (unpaired) electrons. The predicted octanol–water partition coefficient (Wildman–Crippen LogP) is 1.13. The zero-order chi connectivity index (χ0) is 10.7. The van der Waals surface area contributed by atoms with Crippen LogP contribution in [0.2, 0.25) is 0 Å². The molecule has 15 heavy (non-hydrogen) atoms. The quantitative estimate of drug-likeness (QED) is 0.739. The molecule has 0 aliphatic carbocycles. The molecule has 1 aromatic heterocycles. The normalized spacial score (nSPS) is 9.93. The van der Waals surface area contributed by atoms with Crippen LogP contribution in [0, 0.1) is 0 Å². The lowest BCUT2D eigenvalue weighted by atomic mass is 10.1. The fourth-order valence-electron chi connectivity index (χ4n) is 1.28. The van der Waals surface area contributed by atoms with Gasteiger partial charge in [-0.25, -0.2) is 15.0 Å². The lowest BCUT2D eigenvalue weighted by molar-refractivity contribution is 0.416. The minimum Gasteiger partial charge on any atom is -0.496 e. The number of aromatic nitrogens is 3. The first-order valence-electron chi connectivity index (χ1n) is 4.37. The zero-order valence-corrected chi connectivity index (χ0v) is 8.21. The highest BCUT2D eigenvalue weighted by Gasteiger charge is 2.08. The lowest BCUT2D eigenvalue weighted by Gasteiger charge is -2.07. The predicted molar refractivity (Wildman–Crippen MR) is 56.2 cm³/mol. The molecule has 2 aromatic rings. The molecule has 5 nitrogen and oxygen atoms in total.